The second kappa shape index (κ2) is 3.70. The molecule has 1 unspecified atom stereocenters. The van der Waals surface area contributed by atoms with Crippen LogP contribution in [-0.2, 0) is 4.84 Å². The van der Waals surface area contributed by atoms with Crippen molar-refractivity contribution in [3.8, 4) is 0 Å². The van der Waals surface area contributed by atoms with Gasteiger partial charge in [0.05, 0.1) is 12.7 Å². The molecule has 1 amide bonds. The van der Waals surface area contributed by atoms with Crippen LogP contribution in [0.3, 0.4) is 0 Å². The molecule has 0 radical (unpaired) electrons. The van der Waals surface area contributed by atoms with Gasteiger partial charge >= 0.3 is 0 Å². The van der Waals surface area contributed by atoms with Crippen molar-refractivity contribution in [2.75, 3.05) is 14.2 Å². The van der Waals surface area contributed by atoms with E-state index in [4.69, 9.17) is 4.84 Å². The molecule has 0 aliphatic heterocycles. The molecule has 0 spiro atoms. The van der Waals surface area contributed by atoms with E-state index in [2.05, 4.69) is 9.39 Å². The highest BCUT2D eigenvalue weighted by Crippen LogP contribution is 2.06. The lowest BCUT2D eigenvalue weighted by atomic mass is 10.3. The Bertz CT molecular complexity index is 285. The van der Waals surface area contributed by atoms with E-state index in [0.29, 0.717) is 5.56 Å². The highest BCUT2D eigenvalue weighted by Gasteiger charge is 2.11. The minimum Gasteiger partial charge on any atom is -0.338 e. The van der Waals surface area contributed by atoms with Crippen LogP contribution in [0.2, 0.25) is 0 Å². The largest absolute Gasteiger partial charge is 0.338 e. The molecule has 1 aromatic rings. The van der Waals surface area contributed by atoms with Crippen LogP contribution in [0.4, 0.5) is 0 Å². The van der Waals surface area contributed by atoms with Crippen LogP contribution in [0, 0.1) is 0 Å². The number of nitrogens with zero attached hydrogens (tertiary/aromatic N) is 2. The first-order valence-corrected chi connectivity index (χ1v) is 3.92. The van der Waals surface area contributed by atoms with E-state index in [1.165, 1.54) is 12.2 Å². The highest BCUT2D eigenvalue weighted by molar-refractivity contribution is 7.14. The third-order valence-electron chi connectivity index (χ3n) is 1.52. The summed E-state index contributed by atoms with van der Waals surface area (Å²) in [5.41, 5.74) is 0.606. The maximum absolute atomic E-state index is 11.4. The normalized spacial score (nSPS) is 9.92. The van der Waals surface area contributed by atoms with Gasteiger partial charge in [-0.3, -0.25) is 9.63 Å². The monoisotopic (exact) mass is 186 g/mol. The standard InChI is InChI=1S/C7H11N2O2P/c1-8(11-2)7(10)6-3-4-9(12)5-6/h3-5H,12H2,1-2H3. The Balaban J connectivity index is 2.78. The minimum atomic E-state index is -0.154. The van der Waals surface area contributed by atoms with Crippen LogP contribution < -0.4 is 0 Å². The SMILES string of the molecule is CON(C)C(=O)c1ccn(P)c1. The Morgan fingerprint density at radius 1 is 1.75 bits per heavy atom. The molecule has 0 N–H and O–H groups in total. The maximum atomic E-state index is 11.4. The molecule has 0 aliphatic carbocycles. The number of amides is 1. The Hall–Kier alpha value is -0.860. The average Bonchev–Trinajstić information content (AvgIpc) is 2.49. The zero-order chi connectivity index (χ0) is 9.14. The molecule has 1 heterocycles. The van der Waals surface area contributed by atoms with Crippen molar-refractivity contribution in [3.05, 3.63) is 24.0 Å². The first kappa shape index (κ1) is 9.23. The summed E-state index contributed by atoms with van der Waals surface area (Å²) in [7, 11) is 5.47. The highest BCUT2D eigenvalue weighted by atomic mass is 31.0. The second-order valence-corrected chi connectivity index (χ2v) is 2.93. The van der Waals surface area contributed by atoms with Crippen molar-refractivity contribution < 1.29 is 9.63 Å². The second-order valence-electron chi connectivity index (χ2n) is 2.33. The van der Waals surface area contributed by atoms with Gasteiger partial charge < -0.3 is 4.34 Å². The summed E-state index contributed by atoms with van der Waals surface area (Å²) in [4.78, 5) is 16.1. The number of carbonyl (C=O) groups is 1. The van der Waals surface area contributed by atoms with Gasteiger partial charge in [0.15, 0.2) is 0 Å². The summed E-state index contributed by atoms with van der Waals surface area (Å²) in [5, 5.41) is 1.18. The number of rotatable bonds is 2. The van der Waals surface area contributed by atoms with Crippen molar-refractivity contribution in [1.82, 2.24) is 9.40 Å². The molecular weight excluding hydrogens is 175 g/mol. The lowest BCUT2D eigenvalue weighted by molar-refractivity contribution is -0.0756. The molecule has 66 valence electrons. The van der Waals surface area contributed by atoms with Crippen LogP contribution in [0.5, 0.6) is 0 Å². The lowest BCUT2D eigenvalue weighted by Gasteiger charge is -2.11. The smallest absolute Gasteiger partial charge is 0.278 e. The predicted molar refractivity (Wildman–Crippen MR) is 48.6 cm³/mol. The van der Waals surface area contributed by atoms with Gasteiger partial charge in [-0.05, 0) is 15.5 Å². The van der Waals surface area contributed by atoms with Crippen LogP contribution in [-0.4, -0.2) is 29.5 Å². The van der Waals surface area contributed by atoms with E-state index in [9.17, 15) is 4.79 Å². The quantitative estimate of drug-likeness (QED) is 0.504. The maximum Gasteiger partial charge on any atom is 0.278 e. The first-order chi connectivity index (χ1) is 5.65. The molecule has 1 atom stereocenters. The molecule has 4 nitrogen and oxygen atoms in total. The number of hydrogen-bond donors (Lipinski definition) is 0. The summed E-state index contributed by atoms with van der Waals surface area (Å²) < 4.78 is 1.73. The minimum absolute atomic E-state index is 0.154. The van der Waals surface area contributed by atoms with Crippen LogP contribution >= 0.6 is 9.39 Å². The molecule has 0 aliphatic rings. The Kier molecular flexibility index (Phi) is 2.84. The Morgan fingerprint density at radius 2 is 2.42 bits per heavy atom. The summed E-state index contributed by atoms with van der Waals surface area (Å²) in [6, 6.07) is 1.73. The number of hydrogen-bond acceptors (Lipinski definition) is 2. The van der Waals surface area contributed by atoms with Crippen molar-refractivity contribution >= 4 is 15.3 Å². The van der Waals surface area contributed by atoms with Gasteiger partial charge in [0.2, 0.25) is 0 Å². The molecular formula is C7H11N2O2P. The summed E-state index contributed by atoms with van der Waals surface area (Å²) in [6.45, 7) is 0. The van der Waals surface area contributed by atoms with Gasteiger partial charge in [-0.2, -0.15) is 0 Å². The molecule has 5 heteroatoms. The number of hydroxylamine groups is 2. The third-order valence-corrected chi connectivity index (χ3v) is 1.84. The molecule has 0 saturated heterocycles. The molecule has 1 aromatic heterocycles. The van der Waals surface area contributed by atoms with Gasteiger partial charge in [-0.25, -0.2) is 5.06 Å². The van der Waals surface area contributed by atoms with E-state index in [1.54, 1.807) is 29.8 Å². The fraction of sp³-hybridized carbons (Fsp3) is 0.286. The third kappa shape index (κ3) is 1.84. The van der Waals surface area contributed by atoms with Gasteiger partial charge in [0.1, 0.15) is 0 Å². The fourth-order valence-electron chi connectivity index (χ4n) is 0.804. The zero-order valence-electron chi connectivity index (χ0n) is 7.02. The lowest BCUT2D eigenvalue weighted by Crippen LogP contribution is -2.24. The molecule has 0 bridgehead atoms. The van der Waals surface area contributed by atoms with E-state index >= 15 is 0 Å². The summed E-state index contributed by atoms with van der Waals surface area (Å²) >= 11 is 0. The van der Waals surface area contributed by atoms with Crippen molar-refractivity contribution in [2.24, 2.45) is 0 Å². The Morgan fingerprint density at radius 3 is 2.83 bits per heavy atom. The van der Waals surface area contributed by atoms with E-state index in [0.717, 1.165) is 0 Å². The molecule has 0 saturated carbocycles. The number of aromatic nitrogens is 1. The van der Waals surface area contributed by atoms with E-state index in [1.807, 2.05) is 0 Å². The zero-order valence-corrected chi connectivity index (χ0v) is 8.18. The average molecular weight is 186 g/mol. The predicted octanol–water partition coefficient (Wildman–Crippen LogP) is 0.760. The summed E-state index contributed by atoms with van der Waals surface area (Å²) in [6.07, 6.45) is 3.49. The molecule has 1 rings (SSSR count). The van der Waals surface area contributed by atoms with E-state index in [-0.39, 0.29) is 5.91 Å². The van der Waals surface area contributed by atoms with Crippen LogP contribution in [0.25, 0.3) is 0 Å². The topological polar surface area (TPSA) is 34.5 Å². The molecule has 0 aromatic carbocycles. The number of carbonyl (C=O) groups excluding carboxylic acids is 1. The van der Waals surface area contributed by atoms with Gasteiger partial charge in [-0.1, -0.05) is 0 Å². The van der Waals surface area contributed by atoms with Crippen LogP contribution in [0.15, 0.2) is 18.5 Å². The van der Waals surface area contributed by atoms with Crippen LogP contribution in [0.1, 0.15) is 10.4 Å². The van der Waals surface area contributed by atoms with Gasteiger partial charge in [-0.15, -0.1) is 0 Å². The van der Waals surface area contributed by atoms with Crippen molar-refractivity contribution in [3.63, 3.8) is 0 Å². The van der Waals surface area contributed by atoms with Gasteiger partial charge in [0, 0.05) is 19.4 Å². The van der Waals surface area contributed by atoms with E-state index < -0.39 is 0 Å². The summed E-state index contributed by atoms with van der Waals surface area (Å²) in [5.74, 6) is -0.154. The molecule has 12 heavy (non-hydrogen) atoms. The van der Waals surface area contributed by atoms with Gasteiger partial charge in [0.25, 0.3) is 5.91 Å². The Labute approximate surface area is 73.3 Å². The van der Waals surface area contributed by atoms with Crippen molar-refractivity contribution in [2.45, 2.75) is 0 Å². The fourth-order valence-corrected chi connectivity index (χ4v) is 1.05. The van der Waals surface area contributed by atoms with Crippen molar-refractivity contribution in [1.29, 1.82) is 0 Å². The first-order valence-electron chi connectivity index (χ1n) is 3.40. The molecule has 0 fully saturated rings.